The minimum absolute atomic E-state index is 0.0839. The molecule has 2 aromatic rings. The van der Waals surface area contributed by atoms with Gasteiger partial charge >= 0.3 is 0 Å². The minimum Gasteiger partial charge on any atom is -0.497 e. The first-order valence-electron chi connectivity index (χ1n) is 6.16. The molecular weight excluding hydrogens is 240 g/mol. The first-order chi connectivity index (χ1) is 8.93. The van der Waals surface area contributed by atoms with Gasteiger partial charge in [0.05, 0.1) is 12.8 Å². The van der Waals surface area contributed by atoms with E-state index >= 15 is 0 Å². The molecular formula is C15H18N2O2. The van der Waals surface area contributed by atoms with Gasteiger partial charge in [-0.1, -0.05) is 20.8 Å². The summed E-state index contributed by atoms with van der Waals surface area (Å²) in [6.45, 7) is 5.73. The normalized spacial score (nSPS) is 11.4. The zero-order valence-corrected chi connectivity index (χ0v) is 11.7. The highest BCUT2D eigenvalue weighted by molar-refractivity contribution is 6.03. The number of benzene rings is 1. The average Bonchev–Trinajstić information content (AvgIpc) is 2.89. The number of carbonyl (C=O) groups is 1. The topological polar surface area (TPSA) is 44.1 Å². The molecule has 0 atom stereocenters. The number of hydrogen-bond donors (Lipinski definition) is 0. The Hall–Kier alpha value is -2.10. The van der Waals surface area contributed by atoms with Crippen LogP contribution in [0.4, 0.5) is 0 Å². The summed E-state index contributed by atoms with van der Waals surface area (Å²) >= 11 is 0. The highest BCUT2D eigenvalue weighted by atomic mass is 16.5. The summed E-state index contributed by atoms with van der Waals surface area (Å²) < 4.78 is 6.90. The van der Waals surface area contributed by atoms with E-state index in [0.29, 0.717) is 11.3 Å². The van der Waals surface area contributed by atoms with Crippen LogP contribution in [0.2, 0.25) is 0 Å². The second-order valence-corrected chi connectivity index (χ2v) is 5.41. The quantitative estimate of drug-likeness (QED) is 0.794. The number of hydrogen-bond acceptors (Lipinski definition) is 3. The van der Waals surface area contributed by atoms with Crippen molar-refractivity contribution < 1.29 is 9.53 Å². The van der Waals surface area contributed by atoms with E-state index in [2.05, 4.69) is 5.10 Å². The van der Waals surface area contributed by atoms with Gasteiger partial charge in [0.15, 0.2) is 5.78 Å². The Balaban J connectivity index is 2.58. The van der Waals surface area contributed by atoms with Crippen LogP contribution in [0.25, 0.3) is 5.69 Å². The number of ketones is 1. The lowest BCUT2D eigenvalue weighted by molar-refractivity contribution is 0.0858. The second-order valence-electron chi connectivity index (χ2n) is 5.41. The van der Waals surface area contributed by atoms with Crippen LogP contribution in [0, 0.1) is 5.41 Å². The molecule has 2 rings (SSSR count). The summed E-state index contributed by atoms with van der Waals surface area (Å²) in [6.07, 6.45) is 3.50. The number of carbonyl (C=O) groups excluding carboxylic acids is 1. The van der Waals surface area contributed by atoms with E-state index in [1.165, 1.54) is 0 Å². The number of nitrogens with zero attached hydrogens (tertiary/aromatic N) is 2. The summed E-state index contributed by atoms with van der Waals surface area (Å²) in [7, 11) is 1.60. The molecule has 0 amide bonds. The maximum absolute atomic E-state index is 12.5. The van der Waals surface area contributed by atoms with Crippen molar-refractivity contribution >= 4 is 5.78 Å². The van der Waals surface area contributed by atoms with Gasteiger partial charge in [-0.3, -0.25) is 4.79 Å². The van der Waals surface area contributed by atoms with Gasteiger partial charge in [0.25, 0.3) is 0 Å². The molecule has 1 aromatic carbocycles. The van der Waals surface area contributed by atoms with Gasteiger partial charge in [-0.25, -0.2) is 4.68 Å². The van der Waals surface area contributed by atoms with Crippen LogP contribution < -0.4 is 4.74 Å². The van der Waals surface area contributed by atoms with Gasteiger partial charge in [-0.05, 0) is 18.2 Å². The average molecular weight is 258 g/mol. The van der Waals surface area contributed by atoms with E-state index in [1.807, 2.05) is 39.1 Å². The van der Waals surface area contributed by atoms with Gasteiger partial charge in [0.1, 0.15) is 5.75 Å². The molecule has 1 heterocycles. The Bertz CT molecular complexity index is 581. The molecule has 0 saturated carbocycles. The van der Waals surface area contributed by atoms with Crippen LogP contribution in [0.3, 0.4) is 0 Å². The van der Waals surface area contributed by atoms with Crippen molar-refractivity contribution in [2.45, 2.75) is 20.8 Å². The summed E-state index contributed by atoms with van der Waals surface area (Å²) in [4.78, 5) is 12.5. The summed E-state index contributed by atoms with van der Waals surface area (Å²) in [5, 5.41) is 4.20. The first-order valence-corrected chi connectivity index (χ1v) is 6.16. The predicted molar refractivity (Wildman–Crippen MR) is 73.9 cm³/mol. The number of rotatable bonds is 3. The van der Waals surface area contributed by atoms with Crippen LogP contribution in [0.1, 0.15) is 31.1 Å². The lowest BCUT2D eigenvalue weighted by Gasteiger charge is -2.19. The van der Waals surface area contributed by atoms with Crippen molar-refractivity contribution in [3.05, 3.63) is 42.2 Å². The molecule has 100 valence electrons. The Morgan fingerprint density at radius 3 is 2.58 bits per heavy atom. The first kappa shape index (κ1) is 13.3. The smallest absolute Gasteiger partial charge is 0.170 e. The van der Waals surface area contributed by atoms with Crippen LogP contribution in [-0.2, 0) is 0 Å². The highest BCUT2D eigenvalue weighted by Crippen LogP contribution is 2.27. The van der Waals surface area contributed by atoms with Gasteiger partial charge in [0, 0.05) is 29.4 Å². The number of ether oxygens (including phenoxy) is 1. The van der Waals surface area contributed by atoms with E-state index in [1.54, 1.807) is 30.1 Å². The molecule has 19 heavy (non-hydrogen) atoms. The van der Waals surface area contributed by atoms with Crippen molar-refractivity contribution in [1.82, 2.24) is 9.78 Å². The minimum atomic E-state index is -0.434. The van der Waals surface area contributed by atoms with Crippen molar-refractivity contribution in [1.29, 1.82) is 0 Å². The fourth-order valence-electron chi connectivity index (χ4n) is 1.84. The molecule has 0 spiro atoms. The van der Waals surface area contributed by atoms with Crippen LogP contribution in [-0.4, -0.2) is 22.7 Å². The molecule has 0 fully saturated rings. The van der Waals surface area contributed by atoms with Crippen LogP contribution in [0.5, 0.6) is 5.75 Å². The second kappa shape index (κ2) is 4.88. The number of Topliss-reactive ketones (excluding diaryl/α,β-unsaturated/α-hetero) is 1. The molecule has 0 aliphatic rings. The molecule has 4 nitrogen and oxygen atoms in total. The van der Waals surface area contributed by atoms with E-state index in [-0.39, 0.29) is 5.78 Å². The molecule has 0 saturated heterocycles. The Morgan fingerprint density at radius 1 is 1.32 bits per heavy atom. The van der Waals surface area contributed by atoms with Gasteiger partial charge in [0.2, 0.25) is 0 Å². The molecule has 4 heteroatoms. The molecule has 0 aliphatic heterocycles. The van der Waals surface area contributed by atoms with E-state index < -0.39 is 5.41 Å². The van der Waals surface area contributed by atoms with Crippen molar-refractivity contribution in [3.63, 3.8) is 0 Å². The maximum Gasteiger partial charge on any atom is 0.170 e. The van der Waals surface area contributed by atoms with E-state index in [9.17, 15) is 4.79 Å². The van der Waals surface area contributed by atoms with Crippen molar-refractivity contribution in [2.24, 2.45) is 5.41 Å². The van der Waals surface area contributed by atoms with E-state index in [0.717, 1.165) is 5.69 Å². The van der Waals surface area contributed by atoms with Gasteiger partial charge in [-0.2, -0.15) is 5.10 Å². The Kier molecular flexibility index (Phi) is 3.42. The lowest BCUT2D eigenvalue weighted by Crippen LogP contribution is -2.22. The van der Waals surface area contributed by atoms with Crippen molar-refractivity contribution in [3.8, 4) is 11.4 Å². The Labute approximate surface area is 113 Å². The number of aromatic nitrogens is 2. The maximum atomic E-state index is 12.5. The van der Waals surface area contributed by atoms with Crippen LogP contribution >= 0.6 is 0 Å². The highest BCUT2D eigenvalue weighted by Gasteiger charge is 2.26. The molecule has 0 N–H and O–H groups in total. The molecule has 0 unspecified atom stereocenters. The lowest BCUT2D eigenvalue weighted by atomic mass is 9.86. The zero-order valence-electron chi connectivity index (χ0n) is 11.7. The summed E-state index contributed by atoms with van der Waals surface area (Å²) in [5.41, 5.74) is 0.956. The monoisotopic (exact) mass is 258 g/mol. The molecule has 0 aliphatic carbocycles. The third-order valence-corrected chi connectivity index (χ3v) is 2.88. The standard InChI is InChI=1S/C15H18N2O2/c1-15(2,3)14(18)12-7-6-11(19-4)10-13(12)17-9-5-8-16-17/h5-10H,1-4H3. The SMILES string of the molecule is COc1ccc(C(=O)C(C)(C)C)c(-n2cccn2)c1. The third-order valence-electron chi connectivity index (χ3n) is 2.88. The zero-order chi connectivity index (χ0) is 14.0. The fraction of sp³-hybridized carbons (Fsp3) is 0.333. The molecule has 0 radical (unpaired) electrons. The van der Waals surface area contributed by atoms with Crippen molar-refractivity contribution in [2.75, 3.05) is 7.11 Å². The molecule has 0 bridgehead atoms. The largest absolute Gasteiger partial charge is 0.497 e. The fourth-order valence-corrected chi connectivity index (χ4v) is 1.84. The predicted octanol–water partition coefficient (Wildman–Crippen LogP) is 3.11. The van der Waals surface area contributed by atoms with E-state index in [4.69, 9.17) is 4.74 Å². The summed E-state index contributed by atoms with van der Waals surface area (Å²) in [6, 6.07) is 7.24. The summed E-state index contributed by atoms with van der Waals surface area (Å²) in [5.74, 6) is 0.789. The number of methoxy groups -OCH3 is 1. The van der Waals surface area contributed by atoms with Gasteiger partial charge in [-0.15, -0.1) is 0 Å². The Morgan fingerprint density at radius 2 is 2.05 bits per heavy atom. The third kappa shape index (κ3) is 2.67. The van der Waals surface area contributed by atoms with Crippen LogP contribution in [0.15, 0.2) is 36.7 Å². The van der Waals surface area contributed by atoms with Gasteiger partial charge < -0.3 is 4.74 Å². The molecule has 1 aromatic heterocycles.